The second kappa shape index (κ2) is 4.11. The van der Waals surface area contributed by atoms with E-state index in [2.05, 4.69) is 10.0 Å². The van der Waals surface area contributed by atoms with Gasteiger partial charge in [0, 0.05) is 9.79 Å². The third-order valence-corrected chi connectivity index (χ3v) is 2.33. The Hall–Kier alpha value is -1.03. The first-order valence-electron chi connectivity index (χ1n) is 3.48. The second-order valence-corrected chi connectivity index (χ2v) is 3.54. The van der Waals surface area contributed by atoms with Crippen molar-refractivity contribution in [3.63, 3.8) is 0 Å². The number of nitrogens with zero attached hydrogens (tertiary/aromatic N) is 3. The molecule has 0 aromatic carbocycles. The number of thiophene rings is 1. The van der Waals surface area contributed by atoms with E-state index < -0.39 is 6.10 Å². The predicted octanol–water partition coefficient (Wildman–Crippen LogP) is 2.40. The molecule has 1 N–H and O–H groups in total. The van der Waals surface area contributed by atoms with Crippen molar-refractivity contribution in [3.8, 4) is 0 Å². The quantitative estimate of drug-likeness (QED) is 0.436. The molecule has 1 aromatic rings. The van der Waals surface area contributed by atoms with E-state index in [4.69, 9.17) is 5.53 Å². The van der Waals surface area contributed by atoms with Gasteiger partial charge in [0.2, 0.25) is 0 Å². The zero-order chi connectivity index (χ0) is 8.97. The lowest BCUT2D eigenvalue weighted by atomic mass is 10.2. The van der Waals surface area contributed by atoms with Gasteiger partial charge in [-0.05, 0) is 29.5 Å². The van der Waals surface area contributed by atoms with Crippen molar-refractivity contribution in [3.05, 3.63) is 32.3 Å². The van der Waals surface area contributed by atoms with E-state index in [-0.39, 0.29) is 6.54 Å². The lowest BCUT2D eigenvalue weighted by Crippen LogP contribution is -1.98. The lowest BCUT2D eigenvalue weighted by Gasteiger charge is -2.02. The van der Waals surface area contributed by atoms with Crippen LogP contribution in [0.1, 0.15) is 16.5 Å². The summed E-state index contributed by atoms with van der Waals surface area (Å²) >= 11 is 1.57. The number of hydrogen-bond acceptors (Lipinski definition) is 3. The van der Waals surface area contributed by atoms with Gasteiger partial charge in [0.1, 0.15) is 0 Å². The van der Waals surface area contributed by atoms with Crippen molar-refractivity contribution in [2.24, 2.45) is 5.11 Å². The summed E-state index contributed by atoms with van der Waals surface area (Å²) in [5.74, 6) is 0. The molecule has 0 fully saturated rings. The first-order chi connectivity index (χ1) is 5.74. The fourth-order valence-corrected chi connectivity index (χ4v) is 1.61. The van der Waals surface area contributed by atoms with E-state index in [0.717, 1.165) is 10.4 Å². The van der Waals surface area contributed by atoms with E-state index in [9.17, 15) is 5.11 Å². The van der Waals surface area contributed by atoms with Crippen molar-refractivity contribution in [1.29, 1.82) is 0 Å². The molecule has 0 unspecified atom stereocenters. The number of aliphatic hydroxyl groups is 1. The van der Waals surface area contributed by atoms with Crippen LogP contribution in [0.4, 0.5) is 0 Å². The Kier molecular flexibility index (Phi) is 3.10. The van der Waals surface area contributed by atoms with Gasteiger partial charge < -0.3 is 5.11 Å². The third kappa shape index (κ3) is 2.23. The number of azide groups is 1. The number of aryl methyl sites for hydroxylation is 1. The SMILES string of the molecule is Cc1cc([C@H](O)CN=[N+]=[N-])cs1. The maximum absolute atomic E-state index is 9.41. The summed E-state index contributed by atoms with van der Waals surface area (Å²) < 4.78 is 0. The highest BCUT2D eigenvalue weighted by molar-refractivity contribution is 7.10. The van der Waals surface area contributed by atoms with Gasteiger partial charge in [-0.25, -0.2) is 0 Å². The van der Waals surface area contributed by atoms with Gasteiger partial charge in [0.05, 0.1) is 12.6 Å². The molecule has 0 aliphatic rings. The molecule has 4 nitrogen and oxygen atoms in total. The summed E-state index contributed by atoms with van der Waals surface area (Å²) in [6.07, 6.45) is -0.661. The van der Waals surface area contributed by atoms with Crippen LogP contribution >= 0.6 is 11.3 Å². The van der Waals surface area contributed by atoms with E-state index in [1.54, 1.807) is 11.3 Å². The Bertz CT molecular complexity index is 303. The molecule has 0 bridgehead atoms. The maximum Gasteiger partial charge on any atom is 0.0854 e. The van der Waals surface area contributed by atoms with Gasteiger partial charge in [0.25, 0.3) is 0 Å². The molecule has 0 spiro atoms. The second-order valence-electron chi connectivity index (χ2n) is 2.42. The van der Waals surface area contributed by atoms with E-state index in [1.807, 2.05) is 18.4 Å². The van der Waals surface area contributed by atoms with Crippen LogP contribution in [-0.2, 0) is 0 Å². The average molecular weight is 183 g/mol. The predicted molar refractivity (Wildman–Crippen MR) is 48.0 cm³/mol. The molecule has 64 valence electrons. The van der Waals surface area contributed by atoms with Crippen LogP contribution in [0, 0.1) is 6.92 Å². The molecule has 0 radical (unpaired) electrons. The molecule has 0 aliphatic heterocycles. The van der Waals surface area contributed by atoms with Gasteiger partial charge in [-0.2, -0.15) is 0 Å². The minimum atomic E-state index is -0.661. The van der Waals surface area contributed by atoms with Gasteiger partial charge in [0.15, 0.2) is 0 Å². The summed E-state index contributed by atoms with van der Waals surface area (Å²) in [4.78, 5) is 3.72. The summed E-state index contributed by atoms with van der Waals surface area (Å²) in [6, 6.07) is 1.89. The van der Waals surface area contributed by atoms with Crippen LogP contribution in [0.2, 0.25) is 0 Å². The van der Waals surface area contributed by atoms with Gasteiger partial charge in [-0.1, -0.05) is 5.11 Å². The Labute approximate surface area is 74.1 Å². The number of aliphatic hydroxyl groups excluding tert-OH is 1. The molecular weight excluding hydrogens is 174 g/mol. The Morgan fingerprint density at radius 3 is 3.08 bits per heavy atom. The molecule has 0 amide bonds. The zero-order valence-corrected chi connectivity index (χ0v) is 7.45. The summed E-state index contributed by atoms with van der Waals surface area (Å²) in [7, 11) is 0. The fraction of sp³-hybridized carbons (Fsp3) is 0.429. The Morgan fingerprint density at radius 1 is 1.83 bits per heavy atom. The topological polar surface area (TPSA) is 69.0 Å². The highest BCUT2D eigenvalue weighted by Gasteiger charge is 2.06. The molecule has 1 aromatic heterocycles. The lowest BCUT2D eigenvalue weighted by molar-refractivity contribution is 0.187. The molecule has 12 heavy (non-hydrogen) atoms. The summed E-state index contributed by atoms with van der Waals surface area (Å²) in [5, 5.41) is 14.6. The van der Waals surface area contributed by atoms with E-state index >= 15 is 0 Å². The minimum Gasteiger partial charge on any atom is -0.388 e. The molecule has 0 aliphatic carbocycles. The van der Waals surface area contributed by atoms with Gasteiger partial charge >= 0.3 is 0 Å². The minimum absolute atomic E-state index is 0.104. The van der Waals surface area contributed by atoms with Crippen LogP contribution in [0.15, 0.2) is 16.6 Å². The van der Waals surface area contributed by atoms with Crippen LogP contribution in [0.25, 0.3) is 10.4 Å². The normalized spacial score (nSPS) is 12.2. The van der Waals surface area contributed by atoms with Crippen LogP contribution < -0.4 is 0 Å². The molecule has 1 rings (SSSR count). The van der Waals surface area contributed by atoms with Crippen LogP contribution in [0.5, 0.6) is 0 Å². The highest BCUT2D eigenvalue weighted by atomic mass is 32.1. The van der Waals surface area contributed by atoms with E-state index in [0.29, 0.717) is 0 Å². The standard InChI is InChI=1S/C7H9N3OS/c1-5-2-6(4-12-5)7(11)3-9-10-8/h2,4,7,11H,3H2,1H3/t7-/m1/s1. The average Bonchev–Trinajstić information content (AvgIpc) is 2.47. The molecule has 1 heterocycles. The largest absolute Gasteiger partial charge is 0.388 e. The molecule has 1 atom stereocenters. The first-order valence-corrected chi connectivity index (χ1v) is 4.36. The maximum atomic E-state index is 9.41. The van der Waals surface area contributed by atoms with Crippen molar-refractivity contribution in [2.45, 2.75) is 13.0 Å². The molecule has 5 heteroatoms. The highest BCUT2D eigenvalue weighted by Crippen LogP contribution is 2.20. The smallest absolute Gasteiger partial charge is 0.0854 e. The molecule has 0 saturated heterocycles. The van der Waals surface area contributed by atoms with Crippen molar-refractivity contribution < 1.29 is 5.11 Å². The van der Waals surface area contributed by atoms with E-state index in [1.165, 1.54) is 0 Å². The first kappa shape index (κ1) is 9.06. The van der Waals surface area contributed by atoms with Crippen molar-refractivity contribution in [1.82, 2.24) is 0 Å². The van der Waals surface area contributed by atoms with Gasteiger partial charge in [-0.15, -0.1) is 11.3 Å². The monoisotopic (exact) mass is 183 g/mol. The Balaban J connectivity index is 2.64. The van der Waals surface area contributed by atoms with Crippen molar-refractivity contribution >= 4 is 11.3 Å². The Morgan fingerprint density at radius 2 is 2.58 bits per heavy atom. The fourth-order valence-electron chi connectivity index (χ4n) is 0.858. The summed E-state index contributed by atoms with van der Waals surface area (Å²) in [6.45, 7) is 2.07. The van der Waals surface area contributed by atoms with Crippen LogP contribution in [-0.4, -0.2) is 11.7 Å². The molecular formula is C7H9N3OS. The summed E-state index contributed by atoms with van der Waals surface area (Å²) in [5.41, 5.74) is 8.84. The van der Waals surface area contributed by atoms with Crippen molar-refractivity contribution in [2.75, 3.05) is 6.54 Å². The third-order valence-electron chi connectivity index (χ3n) is 1.45. The number of hydrogen-bond donors (Lipinski definition) is 1. The van der Waals surface area contributed by atoms with Gasteiger partial charge in [-0.3, -0.25) is 0 Å². The number of rotatable bonds is 3. The zero-order valence-electron chi connectivity index (χ0n) is 6.64. The van der Waals surface area contributed by atoms with Crippen LogP contribution in [0.3, 0.4) is 0 Å². The molecule has 0 saturated carbocycles.